The van der Waals surface area contributed by atoms with E-state index in [4.69, 9.17) is 19.4 Å². The molecule has 15 heteroatoms. The number of aryl methyl sites for hydroxylation is 2. The Hall–Kier alpha value is -2.85. The fourth-order valence-electron chi connectivity index (χ4n) is 8.14. The smallest absolute Gasteiger partial charge is 0.253 e. The summed E-state index contributed by atoms with van der Waals surface area (Å²) in [5.74, 6) is -3.22. The number of methoxy groups -OCH3 is 2. The Morgan fingerprint density at radius 3 is 1.64 bits per heavy atom. The van der Waals surface area contributed by atoms with Crippen molar-refractivity contribution in [1.82, 2.24) is 23.7 Å². The van der Waals surface area contributed by atoms with E-state index >= 15 is 0 Å². The second-order valence-corrected chi connectivity index (χ2v) is 16.1. The van der Waals surface area contributed by atoms with Gasteiger partial charge in [0.1, 0.15) is 11.6 Å². The number of alkyl halides is 4. The Bertz CT molecular complexity index is 2130. The van der Waals surface area contributed by atoms with Crippen LogP contribution in [0.2, 0.25) is 0 Å². The summed E-state index contributed by atoms with van der Waals surface area (Å²) >= 11 is 3.50. The number of rotatable bonds is 9. The maximum absolute atomic E-state index is 13.7. The number of ether oxygens (including phenoxy) is 2. The van der Waals surface area contributed by atoms with Crippen molar-refractivity contribution in [3.63, 3.8) is 0 Å². The van der Waals surface area contributed by atoms with Crippen LogP contribution in [0.5, 0.6) is 0 Å². The highest BCUT2D eigenvalue weighted by Crippen LogP contribution is 2.44. The first-order valence-electron chi connectivity index (χ1n) is 18.7. The van der Waals surface area contributed by atoms with Gasteiger partial charge in [0.2, 0.25) is 11.8 Å². The zero-order valence-electron chi connectivity index (χ0n) is 32.8. The molecule has 0 N–H and O–H groups in total. The molecule has 0 aliphatic heterocycles. The monoisotopic (exact) mass is 883 g/mol. The number of halogens is 5. The molecule has 2 aromatic carbocycles. The van der Waals surface area contributed by atoms with Crippen LogP contribution in [0.25, 0.3) is 33.2 Å². The predicted octanol–water partition coefficient (Wildman–Crippen LogP) is 10.7. The first-order valence-corrected chi connectivity index (χ1v) is 19.5. The summed E-state index contributed by atoms with van der Waals surface area (Å²) in [6.45, 7) is 7.02. The first kappa shape index (κ1) is 45.8. The van der Waals surface area contributed by atoms with Crippen molar-refractivity contribution in [2.24, 2.45) is 7.05 Å². The van der Waals surface area contributed by atoms with Crippen molar-refractivity contribution in [3.05, 3.63) is 80.7 Å². The molecular formula is C41H54BrF4N5O3S2. The Kier molecular flexibility index (Phi) is 15.4. The average Bonchev–Trinajstić information content (AvgIpc) is 3.69. The molecular weight excluding hydrogens is 831 g/mol. The molecule has 0 bridgehead atoms. The van der Waals surface area contributed by atoms with Crippen LogP contribution in [0.15, 0.2) is 57.9 Å². The van der Waals surface area contributed by atoms with Gasteiger partial charge in [0.25, 0.3) is 5.56 Å². The molecule has 308 valence electrons. The van der Waals surface area contributed by atoms with E-state index in [1.807, 2.05) is 49.5 Å². The molecule has 0 spiro atoms. The van der Waals surface area contributed by atoms with Gasteiger partial charge in [-0.3, -0.25) is 4.79 Å². The Balaban J connectivity index is 0.000000250. The molecule has 56 heavy (non-hydrogen) atoms. The van der Waals surface area contributed by atoms with E-state index < -0.39 is 11.8 Å². The third-order valence-corrected chi connectivity index (χ3v) is 11.4. The molecule has 2 aliphatic rings. The maximum atomic E-state index is 13.7. The Morgan fingerprint density at radius 2 is 1.20 bits per heavy atom. The minimum atomic E-state index is -2.57. The number of hydrogen-bond donors (Lipinski definition) is 0. The van der Waals surface area contributed by atoms with Gasteiger partial charge in [0.05, 0.1) is 47.4 Å². The van der Waals surface area contributed by atoms with Gasteiger partial charge in [-0.1, -0.05) is 22.0 Å². The van der Waals surface area contributed by atoms with Gasteiger partial charge in [-0.05, 0) is 94.0 Å². The Labute approximate surface area is 348 Å². The number of benzene rings is 2. The number of pyridine rings is 1. The molecule has 2 saturated carbocycles. The third-order valence-electron chi connectivity index (χ3n) is 11.0. The van der Waals surface area contributed by atoms with Gasteiger partial charge >= 0.3 is 0 Å². The van der Waals surface area contributed by atoms with Crippen molar-refractivity contribution in [2.75, 3.05) is 27.4 Å². The molecule has 2 fully saturated rings. The molecule has 3 aromatic heterocycles. The summed E-state index contributed by atoms with van der Waals surface area (Å²) in [5, 5.41) is 0. The van der Waals surface area contributed by atoms with Crippen LogP contribution >= 0.6 is 42.9 Å². The minimum absolute atomic E-state index is 0. The summed E-state index contributed by atoms with van der Waals surface area (Å²) in [5.41, 5.74) is 6.34. The molecule has 5 aromatic rings. The predicted molar refractivity (Wildman–Crippen MR) is 229 cm³/mol. The topological polar surface area (TPSA) is 76.1 Å². The molecule has 0 saturated heterocycles. The van der Waals surface area contributed by atoms with Crippen molar-refractivity contribution in [2.45, 2.75) is 108 Å². The lowest BCUT2D eigenvalue weighted by atomic mass is 9.86. The highest BCUT2D eigenvalue weighted by atomic mass is 79.9. The largest absolute Gasteiger partial charge is 0.383 e. The van der Waals surface area contributed by atoms with Crippen molar-refractivity contribution < 1.29 is 27.0 Å². The van der Waals surface area contributed by atoms with E-state index in [1.165, 1.54) is 0 Å². The van der Waals surface area contributed by atoms with Gasteiger partial charge in [0.15, 0.2) is 0 Å². The number of imidazole rings is 2. The maximum Gasteiger partial charge on any atom is 0.253 e. The van der Waals surface area contributed by atoms with E-state index in [0.29, 0.717) is 44.5 Å². The van der Waals surface area contributed by atoms with Crippen molar-refractivity contribution in [1.29, 1.82) is 0 Å². The molecule has 0 radical (unpaired) electrons. The van der Waals surface area contributed by atoms with Crippen LogP contribution < -0.4 is 5.56 Å². The van der Waals surface area contributed by atoms with Gasteiger partial charge in [-0.25, -0.2) is 27.5 Å². The highest BCUT2D eigenvalue weighted by molar-refractivity contribution is 9.10. The number of nitrogens with zero attached hydrogens (tertiary/aromatic N) is 5. The van der Waals surface area contributed by atoms with E-state index in [2.05, 4.69) is 45.0 Å². The number of aromatic nitrogens is 5. The van der Waals surface area contributed by atoms with E-state index in [0.717, 1.165) is 49.3 Å². The zero-order valence-corrected chi connectivity index (χ0v) is 36.4. The lowest BCUT2D eigenvalue weighted by molar-refractivity contribution is -0.0396. The van der Waals surface area contributed by atoms with Crippen molar-refractivity contribution >= 4 is 65.0 Å². The van der Waals surface area contributed by atoms with Crippen LogP contribution in [0.4, 0.5) is 17.6 Å². The lowest BCUT2D eigenvalue weighted by Gasteiger charge is -2.29. The van der Waals surface area contributed by atoms with E-state index in [1.54, 1.807) is 25.8 Å². The SMILES string of the molecule is COC[C@H](C)n1c(C2CCC(F)(F)CC2)nc2ccc(-c3cc(C)c(=O)n(C)c3)cc21.COC[C@H](C)n1c(C2CCC(F)(F)CC2)nc2ccc(Br)cc21.S.S. The molecule has 3 heterocycles. The number of fused-ring (bicyclic) bond motifs is 2. The van der Waals surface area contributed by atoms with E-state index in [9.17, 15) is 22.4 Å². The lowest BCUT2D eigenvalue weighted by Crippen LogP contribution is -2.26. The second-order valence-electron chi connectivity index (χ2n) is 15.2. The highest BCUT2D eigenvalue weighted by Gasteiger charge is 2.39. The summed E-state index contributed by atoms with van der Waals surface area (Å²) in [7, 11) is 5.08. The zero-order chi connectivity index (χ0) is 38.9. The van der Waals surface area contributed by atoms with Gasteiger partial charge < -0.3 is 23.2 Å². The van der Waals surface area contributed by atoms with Gasteiger partial charge in [0, 0.05) is 75.0 Å². The minimum Gasteiger partial charge on any atom is -0.383 e. The number of hydrogen-bond acceptors (Lipinski definition) is 5. The van der Waals surface area contributed by atoms with Crippen LogP contribution in [0, 0.1) is 6.92 Å². The fraction of sp³-hybridized carbons (Fsp3) is 0.537. The van der Waals surface area contributed by atoms with Crippen molar-refractivity contribution in [3.8, 4) is 11.1 Å². The third kappa shape index (κ3) is 10.0. The van der Waals surface area contributed by atoms with Crippen LogP contribution in [-0.2, 0) is 16.5 Å². The van der Waals surface area contributed by atoms with E-state index in [-0.39, 0.29) is 82.2 Å². The summed E-state index contributed by atoms with van der Waals surface area (Å²) in [6.07, 6.45) is 3.37. The van der Waals surface area contributed by atoms with Gasteiger partial charge in [-0.15, -0.1) is 0 Å². The van der Waals surface area contributed by atoms with Crippen LogP contribution in [0.3, 0.4) is 0 Å². The fourth-order valence-corrected chi connectivity index (χ4v) is 8.49. The molecule has 2 aliphatic carbocycles. The molecule has 0 amide bonds. The quantitative estimate of drug-likeness (QED) is 0.138. The average molecular weight is 885 g/mol. The molecule has 2 atom stereocenters. The molecule has 7 rings (SSSR count). The first-order chi connectivity index (χ1) is 25.6. The molecule has 0 unspecified atom stereocenters. The second kappa shape index (κ2) is 18.8. The molecule has 8 nitrogen and oxygen atoms in total. The van der Waals surface area contributed by atoms with Gasteiger partial charge in [-0.2, -0.15) is 27.0 Å². The summed E-state index contributed by atoms with van der Waals surface area (Å²) < 4.78 is 72.0. The standard InChI is InChI=1S/C24H29F2N3O2.C17H21BrF2N2O.2H2S/c1-15-11-19(13-28(3)23(15)30)18-5-6-20-21(12-18)29(16(2)14-31-4)22(27-20)17-7-9-24(25,26)10-8-17;1-11(10-23-2)22-15-9-13(18)3-4-14(15)21-16(22)12-5-7-17(19,20)8-6-12;;/h5-6,11-13,16-17H,7-10,14H2,1-4H3;3-4,9,11-12H,5-8,10H2,1-2H3;2*1H2/t16-;11-;;/m00../s1. The van der Waals surface area contributed by atoms with Crippen LogP contribution in [0.1, 0.15) is 106 Å². The summed E-state index contributed by atoms with van der Waals surface area (Å²) in [4.78, 5) is 21.7. The van der Waals surface area contributed by atoms with Crippen LogP contribution in [-0.4, -0.2) is 62.9 Å². The normalized spacial score (nSPS) is 18.1. The Morgan fingerprint density at radius 1 is 0.750 bits per heavy atom. The summed E-state index contributed by atoms with van der Waals surface area (Å²) in [6, 6.07) is 14.0.